The Hall–Kier alpha value is -6.22. The monoisotopic (exact) mass is 766 g/mol. The fraction of sp³-hybridized carbons (Fsp3) is 0.0833. The van der Waals surface area contributed by atoms with Crippen molar-refractivity contribution in [3.63, 3.8) is 0 Å². The van der Waals surface area contributed by atoms with Crippen LogP contribution in [-0.4, -0.2) is 35.0 Å². The van der Waals surface area contributed by atoms with Crippen molar-refractivity contribution in [1.29, 1.82) is 0 Å². The average molecular weight is 767 g/mol. The molecule has 2 aromatic heterocycles. The molecule has 0 fully saturated rings. The lowest BCUT2D eigenvalue weighted by molar-refractivity contribution is 0.618. The van der Waals surface area contributed by atoms with Crippen LogP contribution in [0.15, 0.2) is 186 Å². The number of anilines is 6. The number of nitrogens with zero attached hydrogens (tertiary/aromatic N) is 4. The Morgan fingerprint density at radius 2 is 0.661 bits per heavy atom. The highest BCUT2D eigenvalue weighted by Gasteiger charge is 2.41. The molecule has 0 unspecified atom stereocenters. The number of hydrogen-bond donors (Lipinski definition) is 0. The molecule has 0 atom stereocenters. The number of fused-ring (bicyclic) bond motifs is 6. The Balaban J connectivity index is 1.33. The van der Waals surface area contributed by atoms with E-state index in [0.717, 1.165) is 45.3 Å². The first-order valence-corrected chi connectivity index (χ1v) is 23.5. The summed E-state index contributed by atoms with van der Waals surface area (Å²) in [5.74, 6) is 1.07. The minimum atomic E-state index is -1.37. The normalized spacial score (nSPS) is 16.1. The van der Waals surface area contributed by atoms with Gasteiger partial charge < -0.3 is 18.6 Å². The molecule has 9 aromatic rings. The molecule has 11 rings (SSSR count). The first-order valence-electron chi connectivity index (χ1n) is 18.6. The van der Waals surface area contributed by atoms with Crippen molar-refractivity contribution in [3.05, 3.63) is 158 Å². The Morgan fingerprint density at radius 3 is 0.982 bits per heavy atom. The zero-order chi connectivity index (χ0) is 37.8. The standard InChI is InChI=1S/C48H38N4O2S2/c1-55(2)37-27-15-11-23-33(37)51(34-24-12-16-28-38(34)55)43-41-46(54-47(49-41)31-19-7-5-8-20-31)44(42-45(43)53-48(50-42)32-21-9-6-10-22-32)52-35-25-13-17-29-39(35)56(3,4)40-30-18-14-26-36(40)52/h5-30H,1-4H3. The van der Waals surface area contributed by atoms with E-state index in [1.165, 1.54) is 19.6 Å². The minimum Gasteiger partial charge on any atom is -0.434 e. The lowest BCUT2D eigenvalue weighted by Gasteiger charge is -2.45. The van der Waals surface area contributed by atoms with Crippen LogP contribution in [0, 0.1) is 0 Å². The number of benzene rings is 7. The van der Waals surface area contributed by atoms with Gasteiger partial charge in [0.2, 0.25) is 11.8 Å². The van der Waals surface area contributed by atoms with Crippen LogP contribution in [0.3, 0.4) is 0 Å². The quantitative estimate of drug-likeness (QED) is 0.178. The summed E-state index contributed by atoms with van der Waals surface area (Å²) in [6.45, 7) is 0. The van der Waals surface area contributed by atoms with Crippen LogP contribution in [0.5, 0.6) is 0 Å². The third-order valence-electron chi connectivity index (χ3n) is 11.2. The predicted octanol–water partition coefficient (Wildman–Crippen LogP) is 13.8. The summed E-state index contributed by atoms with van der Waals surface area (Å²) >= 11 is 0. The zero-order valence-electron chi connectivity index (χ0n) is 31.4. The van der Waals surface area contributed by atoms with Crippen molar-refractivity contribution < 1.29 is 8.83 Å². The van der Waals surface area contributed by atoms with Crippen LogP contribution in [0.4, 0.5) is 34.1 Å². The fourth-order valence-corrected chi connectivity index (χ4v) is 13.5. The molecule has 274 valence electrons. The second kappa shape index (κ2) is 12.1. The first-order chi connectivity index (χ1) is 27.3. The fourth-order valence-electron chi connectivity index (χ4n) is 8.59. The smallest absolute Gasteiger partial charge is 0.227 e. The van der Waals surface area contributed by atoms with E-state index in [4.69, 9.17) is 18.8 Å². The first kappa shape index (κ1) is 33.1. The molecule has 2 aliphatic rings. The molecule has 0 saturated heterocycles. The van der Waals surface area contributed by atoms with E-state index in [-0.39, 0.29) is 0 Å². The highest BCUT2D eigenvalue weighted by Crippen LogP contribution is 2.70. The molecule has 7 aromatic carbocycles. The lowest BCUT2D eigenvalue weighted by atomic mass is 10.1. The van der Waals surface area contributed by atoms with Crippen molar-refractivity contribution in [3.8, 4) is 22.9 Å². The van der Waals surface area contributed by atoms with Gasteiger partial charge in [-0.3, -0.25) is 0 Å². The molecule has 0 amide bonds. The van der Waals surface area contributed by atoms with Crippen molar-refractivity contribution >= 4 is 76.4 Å². The maximum atomic E-state index is 7.14. The maximum Gasteiger partial charge on any atom is 0.227 e. The highest BCUT2D eigenvalue weighted by molar-refractivity contribution is 8.33. The number of rotatable bonds is 4. The molecule has 0 spiro atoms. The average Bonchev–Trinajstić information content (AvgIpc) is 3.88. The van der Waals surface area contributed by atoms with E-state index in [1.54, 1.807) is 0 Å². The topological polar surface area (TPSA) is 58.5 Å². The number of oxazole rings is 2. The number of aromatic nitrogens is 2. The summed E-state index contributed by atoms with van der Waals surface area (Å²) in [5, 5.41) is 0. The van der Waals surface area contributed by atoms with Gasteiger partial charge in [-0.2, -0.15) is 20.1 Å². The molecule has 6 nitrogen and oxygen atoms in total. The SMILES string of the molecule is CS1(C)c2ccccc2N(c2c3nc(-c4ccccc4)oc3c(N3c4ccccc4S(C)(C)c4ccccc43)c3nc(-c4ccccc4)oc23)c2ccccc21. The molecular weight excluding hydrogens is 729 g/mol. The van der Waals surface area contributed by atoms with E-state index >= 15 is 0 Å². The molecule has 2 aliphatic heterocycles. The van der Waals surface area contributed by atoms with Crippen molar-refractivity contribution in [1.82, 2.24) is 9.97 Å². The second-order valence-corrected chi connectivity index (χ2v) is 22.1. The van der Waals surface area contributed by atoms with Gasteiger partial charge >= 0.3 is 0 Å². The Bertz CT molecular complexity index is 2650. The highest BCUT2D eigenvalue weighted by atomic mass is 32.3. The zero-order valence-corrected chi connectivity index (χ0v) is 33.1. The summed E-state index contributed by atoms with van der Waals surface area (Å²) in [5.41, 5.74) is 10.5. The second-order valence-electron chi connectivity index (χ2n) is 15.0. The van der Waals surface area contributed by atoms with E-state index < -0.39 is 20.1 Å². The largest absolute Gasteiger partial charge is 0.434 e. The van der Waals surface area contributed by atoms with E-state index in [1.807, 2.05) is 36.4 Å². The van der Waals surface area contributed by atoms with Gasteiger partial charge in [0.05, 0.1) is 22.7 Å². The van der Waals surface area contributed by atoms with Gasteiger partial charge in [-0.25, -0.2) is 9.97 Å². The van der Waals surface area contributed by atoms with Crippen LogP contribution in [0.2, 0.25) is 0 Å². The van der Waals surface area contributed by atoms with Crippen LogP contribution in [0.1, 0.15) is 0 Å². The van der Waals surface area contributed by atoms with Gasteiger partial charge in [-0.1, -0.05) is 84.9 Å². The van der Waals surface area contributed by atoms with Crippen LogP contribution < -0.4 is 9.80 Å². The molecule has 0 saturated carbocycles. The molecule has 4 heterocycles. The van der Waals surface area contributed by atoms with Gasteiger partial charge in [0.15, 0.2) is 11.2 Å². The third kappa shape index (κ3) is 4.66. The van der Waals surface area contributed by atoms with Crippen LogP contribution in [0.25, 0.3) is 45.1 Å². The summed E-state index contributed by atoms with van der Waals surface area (Å²) in [4.78, 5) is 20.8. The number of hydrogen-bond acceptors (Lipinski definition) is 6. The number of para-hydroxylation sites is 4. The van der Waals surface area contributed by atoms with E-state index in [9.17, 15) is 0 Å². The maximum absolute atomic E-state index is 7.14. The van der Waals surface area contributed by atoms with Crippen LogP contribution in [-0.2, 0) is 0 Å². The van der Waals surface area contributed by atoms with Gasteiger partial charge in [0, 0.05) is 30.7 Å². The van der Waals surface area contributed by atoms with Crippen molar-refractivity contribution in [2.45, 2.75) is 19.6 Å². The summed E-state index contributed by atoms with van der Waals surface area (Å²) in [6, 6.07) is 55.4. The summed E-state index contributed by atoms with van der Waals surface area (Å²) in [7, 11) is -2.73. The minimum absolute atomic E-state index is 0.535. The van der Waals surface area contributed by atoms with Gasteiger partial charge in [0.25, 0.3) is 0 Å². The van der Waals surface area contributed by atoms with Crippen molar-refractivity contribution in [2.24, 2.45) is 0 Å². The van der Waals surface area contributed by atoms with E-state index in [0.29, 0.717) is 34.0 Å². The van der Waals surface area contributed by atoms with Gasteiger partial charge in [-0.15, -0.1) is 0 Å². The van der Waals surface area contributed by atoms with Gasteiger partial charge in [0.1, 0.15) is 22.4 Å². The van der Waals surface area contributed by atoms with Crippen molar-refractivity contribution in [2.75, 3.05) is 34.8 Å². The summed E-state index contributed by atoms with van der Waals surface area (Å²) in [6.07, 6.45) is 9.54. The van der Waals surface area contributed by atoms with E-state index in [2.05, 4.69) is 156 Å². The molecule has 0 aliphatic carbocycles. The molecule has 0 radical (unpaired) electrons. The van der Waals surface area contributed by atoms with Gasteiger partial charge in [-0.05, 0) is 97.8 Å². The molecule has 56 heavy (non-hydrogen) atoms. The molecule has 0 bridgehead atoms. The molecule has 8 heteroatoms. The lowest BCUT2D eigenvalue weighted by Crippen LogP contribution is -2.22. The third-order valence-corrected chi connectivity index (χ3v) is 17.0. The Morgan fingerprint density at radius 1 is 0.375 bits per heavy atom. The van der Waals surface area contributed by atoms with Crippen LogP contribution >= 0.6 is 20.1 Å². The summed E-state index contributed by atoms with van der Waals surface area (Å²) < 4.78 is 14.3. The Kier molecular flexibility index (Phi) is 7.18. The molecular formula is C48H38N4O2S2. The predicted molar refractivity (Wildman–Crippen MR) is 234 cm³/mol. The molecule has 0 N–H and O–H groups in total. The Labute approximate surface area is 328 Å².